The largest absolute Gasteiger partial charge is 0.459 e. The van der Waals surface area contributed by atoms with Gasteiger partial charge in [-0.05, 0) is 42.7 Å². The van der Waals surface area contributed by atoms with Crippen molar-refractivity contribution in [3.8, 4) is 0 Å². The van der Waals surface area contributed by atoms with Crippen molar-refractivity contribution in [2.45, 2.75) is 19.4 Å². The number of piperidine rings is 1. The van der Waals surface area contributed by atoms with Crippen LogP contribution in [0, 0.1) is 5.92 Å². The van der Waals surface area contributed by atoms with Gasteiger partial charge in [0.2, 0.25) is 0 Å². The van der Waals surface area contributed by atoms with E-state index < -0.39 is 5.97 Å². The van der Waals surface area contributed by atoms with Crippen molar-refractivity contribution in [1.82, 2.24) is 10.2 Å². The number of hydrogen-bond acceptors (Lipinski definition) is 5. The third-order valence-electron chi connectivity index (χ3n) is 4.60. The molecule has 1 N–H and O–H groups in total. The average Bonchev–Trinajstić information content (AvgIpc) is 3.26. The Hall–Kier alpha value is -2.80. The van der Waals surface area contributed by atoms with Crippen molar-refractivity contribution in [2.75, 3.05) is 19.7 Å². The molecular weight excluding hydrogens is 384 g/mol. The van der Waals surface area contributed by atoms with Crippen molar-refractivity contribution in [1.29, 1.82) is 0 Å². The van der Waals surface area contributed by atoms with Crippen LogP contribution in [-0.2, 0) is 20.9 Å². The lowest BCUT2D eigenvalue weighted by molar-refractivity contribution is -0.153. The minimum atomic E-state index is -0.410. The number of nitrogens with zero attached hydrogens (tertiary/aromatic N) is 1. The maximum atomic E-state index is 12.2. The van der Waals surface area contributed by atoms with Gasteiger partial charge in [-0.2, -0.15) is 0 Å². The van der Waals surface area contributed by atoms with E-state index in [-0.39, 0.29) is 24.3 Å². The first-order chi connectivity index (χ1) is 13.5. The smallest absolute Gasteiger partial charge is 0.309 e. The number of ether oxygens (including phenoxy) is 1. The fraction of sp³-hybridized carbons (Fsp3) is 0.350. The molecule has 0 bridgehead atoms. The monoisotopic (exact) mass is 404 g/mol. The van der Waals surface area contributed by atoms with E-state index in [1.54, 1.807) is 29.2 Å². The molecule has 2 aromatic rings. The molecule has 2 heterocycles. The normalized spacial score (nSPS) is 14.5. The molecule has 0 atom stereocenters. The molecular formula is C20H21ClN2O5. The predicted octanol–water partition coefficient (Wildman–Crippen LogP) is 2.64. The first kappa shape index (κ1) is 19.9. The first-order valence-electron chi connectivity index (χ1n) is 9.03. The summed E-state index contributed by atoms with van der Waals surface area (Å²) in [4.78, 5) is 37.9. The number of likely N-dealkylation sites (tertiary alicyclic amines) is 1. The SMILES string of the molecule is O=C(COC(=O)C1CCN(C(=O)c2ccco2)CC1)NCc1ccc(Cl)cc1. The Kier molecular flexibility index (Phi) is 6.71. The molecule has 2 amide bonds. The number of amides is 2. The van der Waals surface area contributed by atoms with E-state index >= 15 is 0 Å². The molecule has 0 spiro atoms. The van der Waals surface area contributed by atoms with Gasteiger partial charge in [-0.1, -0.05) is 23.7 Å². The number of rotatable bonds is 6. The Labute approximate surface area is 167 Å². The van der Waals surface area contributed by atoms with Gasteiger partial charge in [0.15, 0.2) is 12.4 Å². The molecule has 1 fully saturated rings. The molecule has 3 rings (SSSR count). The summed E-state index contributed by atoms with van der Waals surface area (Å²) in [6.07, 6.45) is 2.45. The summed E-state index contributed by atoms with van der Waals surface area (Å²) in [5.74, 6) is -0.984. The lowest BCUT2D eigenvalue weighted by Gasteiger charge is -2.30. The van der Waals surface area contributed by atoms with Crippen LogP contribution in [0.5, 0.6) is 0 Å². The fourth-order valence-electron chi connectivity index (χ4n) is 2.98. The molecule has 1 saturated heterocycles. The number of nitrogens with one attached hydrogen (secondary N) is 1. The van der Waals surface area contributed by atoms with E-state index in [1.165, 1.54) is 6.26 Å². The predicted molar refractivity (Wildman–Crippen MR) is 102 cm³/mol. The van der Waals surface area contributed by atoms with E-state index in [9.17, 15) is 14.4 Å². The topological polar surface area (TPSA) is 88.9 Å². The van der Waals surface area contributed by atoms with E-state index in [0.29, 0.717) is 43.3 Å². The number of esters is 1. The Bertz CT molecular complexity index is 812. The zero-order valence-corrected chi connectivity index (χ0v) is 16.0. The molecule has 0 saturated carbocycles. The van der Waals surface area contributed by atoms with Crippen molar-refractivity contribution in [2.24, 2.45) is 5.92 Å². The summed E-state index contributed by atoms with van der Waals surface area (Å²) >= 11 is 5.81. The van der Waals surface area contributed by atoms with E-state index in [1.807, 2.05) is 12.1 Å². The zero-order valence-electron chi connectivity index (χ0n) is 15.2. The molecule has 0 aliphatic carbocycles. The second-order valence-electron chi connectivity index (χ2n) is 6.55. The van der Waals surface area contributed by atoms with E-state index in [4.69, 9.17) is 20.8 Å². The average molecular weight is 405 g/mol. The summed E-state index contributed by atoms with van der Waals surface area (Å²) in [6, 6.07) is 10.4. The molecule has 1 aromatic carbocycles. The minimum Gasteiger partial charge on any atom is -0.459 e. The van der Waals surface area contributed by atoms with Crippen LogP contribution >= 0.6 is 11.6 Å². The van der Waals surface area contributed by atoms with Crippen molar-refractivity contribution < 1.29 is 23.5 Å². The highest BCUT2D eigenvalue weighted by Gasteiger charge is 2.29. The van der Waals surface area contributed by atoms with Crippen LogP contribution in [0.1, 0.15) is 29.0 Å². The number of halogens is 1. The molecule has 28 heavy (non-hydrogen) atoms. The van der Waals surface area contributed by atoms with Gasteiger partial charge in [0.25, 0.3) is 11.8 Å². The van der Waals surface area contributed by atoms with Gasteiger partial charge >= 0.3 is 5.97 Å². The lowest BCUT2D eigenvalue weighted by atomic mass is 9.97. The number of benzene rings is 1. The molecule has 148 valence electrons. The van der Waals surface area contributed by atoms with Crippen LogP contribution in [0.2, 0.25) is 5.02 Å². The second kappa shape index (κ2) is 9.41. The number of hydrogen-bond donors (Lipinski definition) is 1. The lowest BCUT2D eigenvalue weighted by Crippen LogP contribution is -2.41. The molecule has 1 aliphatic rings. The quantitative estimate of drug-likeness (QED) is 0.747. The second-order valence-corrected chi connectivity index (χ2v) is 6.99. The highest BCUT2D eigenvalue weighted by atomic mass is 35.5. The summed E-state index contributed by atoms with van der Waals surface area (Å²) in [6.45, 7) is 0.906. The van der Waals surface area contributed by atoms with Crippen molar-refractivity contribution >= 4 is 29.4 Å². The maximum absolute atomic E-state index is 12.2. The molecule has 0 radical (unpaired) electrons. The highest BCUT2D eigenvalue weighted by Crippen LogP contribution is 2.20. The van der Waals surface area contributed by atoms with Gasteiger partial charge in [0.1, 0.15) is 0 Å². The summed E-state index contributed by atoms with van der Waals surface area (Å²) in [7, 11) is 0. The van der Waals surface area contributed by atoms with Crippen molar-refractivity contribution in [3.05, 3.63) is 59.0 Å². The van der Waals surface area contributed by atoms with Crippen LogP contribution in [0.15, 0.2) is 47.1 Å². The summed E-state index contributed by atoms with van der Waals surface area (Å²) in [5.41, 5.74) is 0.901. The molecule has 8 heteroatoms. The van der Waals surface area contributed by atoms with Gasteiger partial charge in [0, 0.05) is 24.7 Å². The van der Waals surface area contributed by atoms with Crippen LogP contribution in [0.4, 0.5) is 0 Å². The number of furan rings is 1. The minimum absolute atomic E-state index is 0.182. The fourth-order valence-corrected chi connectivity index (χ4v) is 3.11. The van der Waals surface area contributed by atoms with E-state index in [0.717, 1.165) is 5.56 Å². The zero-order chi connectivity index (χ0) is 19.9. The summed E-state index contributed by atoms with van der Waals surface area (Å²) < 4.78 is 10.2. The Morgan fingerprint density at radius 3 is 2.50 bits per heavy atom. The van der Waals surface area contributed by atoms with Crippen LogP contribution in [0.3, 0.4) is 0 Å². The van der Waals surface area contributed by atoms with Gasteiger partial charge in [-0.3, -0.25) is 14.4 Å². The molecule has 0 unspecified atom stereocenters. The van der Waals surface area contributed by atoms with Gasteiger partial charge in [-0.15, -0.1) is 0 Å². The Morgan fingerprint density at radius 2 is 1.86 bits per heavy atom. The van der Waals surface area contributed by atoms with Gasteiger partial charge in [0.05, 0.1) is 12.2 Å². The van der Waals surface area contributed by atoms with Gasteiger partial charge in [-0.25, -0.2) is 0 Å². The van der Waals surface area contributed by atoms with Crippen molar-refractivity contribution in [3.63, 3.8) is 0 Å². The van der Waals surface area contributed by atoms with Crippen LogP contribution in [0.25, 0.3) is 0 Å². The molecule has 1 aliphatic heterocycles. The van der Waals surface area contributed by atoms with Crippen LogP contribution in [-0.4, -0.2) is 42.4 Å². The third kappa shape index (κ3) is 5.36. The first-order valence-corrected chi connectivity index (χ1v) is 9.41. The van der Waals surface area contributed by atoms with Gasteiger partial charge < -0.3 is 19.4 Å². The third-order valence-corrected chi connectivity index (χ3v) is 4.85. The molecule has 7 nitrogen and oxygen atoms in total. The molecule has 1 aromatic heterocycles. The number of carbonyl (C=O) groups excluding carboxylic acids is 3. The maximum Gasteiger partial charge on any atom is 0.309 e. The highest BCUT2D eigenvalue weighted by molar-refractivity contribution is 6.30. The van der Waals surface area contributed by atoms with E-state index in [2.05, 4.69) is 5.32 Å². The number of carbonyl (C=O) groups is 3. The standard InChI is InChI=1S/C20H21ClN2O5/c21-16-5-3-14(4-6-16)12-22-18(24)13-28-20(26)15-7-9-23(10-8-15)19(25)17-2-1-11-27-17/h1-6,11,15H,7-10,12-13H2,(H,22,24). The Balaban J connectivity index is 1.36. The Morgan fingerprint density at radius 1 is 1.14 bits per heavy atom. The summed E-state index contributed by atoms with van der Waals surface area (Å²) in [5, 5.41) is 3.32. The van der Waals surface area contributed by atoms with Crippen LogP contribution < -0.4 is 5.32 Å².